The van der Waals surface area contributed by atoms with E-state index in [2.05, 4.69) is 32.2 Å². The highest BCUT2D eigenvalue weighted by atomic mass is 32.1. The van der Waals surface area contributed by atoms with Crippen LogP contribution in [0.3, 0.4) is 0 Å². The molecule has 4 heteroatoms. The van der Waals surface area contributed by atoms with Gasteiger partial charge in [0.05, 0.1) is 13.2 Å². The topological polar surface area (TPSA) is 30.5 Å². The van der Waals surface area contributed by atoms with E-state index in [1.54, 1.807) is 0 Å². The van der Waals surface area contributed by atoms with Gasteiger partial charge in [-0.25, -0.2) is 0 Å². The van der Waals surface area contributed by atoms with Crippen molar-refractivity contribution in [3.63, 3.8) is 0 Å². The Morgan fingerprint density at radius 1 is 1.25 bits per heavy atom. The van der Waals surface area contributed by atoms with Gasteiger partial charge < -0.3 is 14.8 Å². The summed E-state index contributed by atoms with van der Waals surface area (Å²) >= 11 is 1.89. The first kappa shape index (κ1) is 14.5. The van der Waals surface area contributed by atoms with Crippen molar-refractivity contribution in [2.75, 3.05) is 13.2 Å². The van der Waals surface area contributed by atoms with Crippen LogP contribution in [0.25, 0.3) is 0 Å². The largest absolute Gasteiger partial charge is 0.348 e. The van der Waals surface area contributed by atoms with E-state index in [4.69, 9.17) is 9.47 Å². The van der Waals surface area contributed by atoms with Gasteiger partial charge in [0.15, 0.2) is 5.79 Å². The smallest absolute Gasteiger partial charge is 0.168 e. The summed E-state index contributed by atoms with van der Waals surface area (Å²) in [5.41, 5.74) is 1.46. The fraction of sp³-hybridized carbons (Fsp3) is 0.750. The maximum Gasteiger partial charge on any atom is 0.168 e. The molecule has 1 aliphatic carbocycles. The lowest BCUT2D eigenvalue weighted by molar-refractivity contribution is -0.179. The van der Waals surface area contributed by atoms with Crippen LogP contribution in [-0.2, 0) is 9.47 Å². The summed E-state index contributed by atoms with van der Waals surface area (Å²) in [4.78, 5) is 2.85. The van der Waals surface area contributed by atoms with Crippen LogP contribution in [-0.4, -0.2) is 25.0 Å². The predicted octanol–water partition coefficient (Wildman–Crippen LogP) is 3.70. The first-order valence-electron chi connectivity index (χ1n) is 7.69. The van der Waals surface area contributed by atoms with Crippen molar-refractivity contribution >= 4 is 11.3 Å². The molecule has 1 aliphatic heterocycles. The van der Waals surface area contributed by atoms with Gasteiger partial charge in [0, 0.05) is 34.7 Å². The molecule has 20 heavy (non-hydrogen) atoms. The van der Waals surface area contributed by atoms with Crippen molar-refractivity contribution in [3.8, 4) is 0 Å². The molecule has 0 radical (unpaired) electrons. The van der Waals surface area contributed by atoms with E-state index in [0.717, 1.165) is 38.9 Å². The Morgan fingerprint density at radius 3 is 2.45 bits per heavy atom. The van der Waals surface area contributed by atoms with E-state index in [1.165, 1.54) is 15.3 Å². The molecule has 0 amide bonds. The van der Waals surface area contributed by atoms with E-state index >= 15 is 0 Å². The lowest BCUT2D eigenvalue weighted by Crippen LogP contribution is -2.42. The Morgan fingerprint density at radius 2 is 1.90 bits per heavy atom. The van der Waals surface area contributed by atoms with Crippen molar-refractivity contribution in [3.05, 3.63) is 21.4 Å². The van der Waals surface area contributed by atoms with E-state index in [9.17, 15) is 0 Å². The van der Waals surface area contributed by atoms with Gasteiger partial charge in [-0.2, -0.15) is 0 Å². The summed E-state index contributed by atoms with van der Waals surface area (Å²) in [6.07, 6.45) is 4.34. The molecule has 1 spiro atoms. The van der Waals surface area contributed by atoms with Crippen LogP contribution in [0.4, 0.5) is 0 Å². The molecule has 1 aromatic rings. The normalized spacial score (nSPS) is 24.4. The minimum Gasteiger partial charge on any atom is -0.348 e. The molecule has 1 saturated heterocycles. The van der Waals surface area contributed by atoms with Crippen molar-refractivity contribution < 1.29 is 9.47 Å². The van der Waals surface area contributed by atoms with Crippen LogP contribution in [0.15, 0.2) is 6.07 Å². The zero-order chi connectivity index (χ0) is 14.2. The summed E-state index contributed by atoms with van der Waals surface area (Å²) in [5.74, 6) is -0.240. The molecule has 2 heterocycles. The number of hydrogen-bond donors (Lipinski definition) is 1. The van der Waals surface area contributed by atoms with E-state index in [-0.39, 0.29) is 5.79 Å². The van der Waals surface area contributed by atoms with Crippen LogP contribution in [0, 0.1) is 13.8 Å². The first-order chi connectivity index (χ1) is 9.58. The van der Waals surface area contributed by atoms with Gasteiger partial charge >= 0.3 is 0 Å². The van der Waals surface area contributed by atoms with E-state index in [1.807, 2.05) is 11.3 Å². The molecule has 0 bridgehead atoms. The summed E-state index contributed by atoms with van der Waals surface area (Å²) in [6, 6.07) is 3.35. The minimum atomic E-state index is -0.240. The van der Waals surface area contributed by atoms with Gasteiger partial charge in [-0.15, -0.1) is 11.3 Å². The third-order valence-electron chi connectivity index (χ3n) is 4.59. The highest BCUT2D eigenvalue weighted by Gasteiger charge is 2.40. The van der Waals surface area contributed by atoms with Gasteiger partial charge in [0.25, 0.3) is 0 Å². The van der Waals surface area contributed by atoms with Crippen LogP contribution in [0.2, 0.25) is 0 Å². The molecule has 3 rings (SSSR count). The predicted molar refractivity (Wildman–Crippen MR) is 82.2 cm³/mol. The molecule has 2 aliphatic rings. The van der Waals surface area contributed by atoms with Crippen LogP contribution < -0.4 is 5.32 Å². The van der Waals surface area contributed by atoms with Crippen molar-refractivity contribution in [2.24, 2.45) is 0 Å². The molecule has 0 aromatic carbocycles. The Kier molecular flexibility index (Phi) is 4.18. The molecule has 2 fully saturated rings. The third-order valence-corrected chi connectivity index (χ3v) is 5.57. The molecular weight excluding hydrogens is 270 g/mol. The number of ether oxygens (including phenoxy) is 2. The summed E-state index contributed by atoms with van der Waals surface area (Å²) in [7, 11) is 0. The summed E-state index contributed by atoms with van der Waals surface area (Å²) < 4.78 is 11.6. The van der Waals surface area contributed by atoms with Gasteiger partial charge in [-0.05, 0) is 45.2 Å². The fourth-order valence-electron chi connectivity index (χ4n) is 3.53. The standard InChI is InChI=1S/C16H25NO2S/c1-11-10-15(13(3)20-11)12(2)17-14-4-6-16(7-5-14)18-8-9-19-16/h10,12,14,17H,4-9H2,1-3H3. The van der Waals surface area contributed by atoms with Crippen molar-refractivity contribution in [1.82, 2.24) is 5.32 Å². The highest BCUT2D eigenvalue weighted by molar-refractivity contribution is 7.12. The lowest BCUT2D eigenvalue weighted by Gasteiger charge is -2.36. The maximum absolute atomic E-state index is 5.79. The maximum atomic E-state index is 5.79. The minimum absolute atomic E-state index is 0.240. The monoisotopic (exact) mass is 295 g/mol. The molecule has 1 atom stereocenters. The molecular formula is C16H25NO2S. The number of hydrogen-bond acceptors (Lipinski definition) is 4. The second-order valence-electron chi connectivity index (χ2n) is 6.14. The Bertz CT molecular complexity index is 455. The van der Waals surface area contributed by atoms with E-state index in [0.29, 0.717) is 12.1 Å². The Hall–Kier alpha value is -0.420. The van der Waals surface area contributed by atoms with Gasteiger partial charge in [0.2, 0.25) is 0 Å². The zero-order valence-corrected chi connectivity index (χ0v) is 13.5. The quantitative estimate of drug-likeness (QED) is 0.922. The Balaban J connectivity index is 1.55. The molecule has 1 aromatic heterocycles. The second kappa shape index (κ2) is 5.76. The van der Waals surface area contributed by atoms with Gasteiger partial charge in [-0.3, -0.25) is 0 Å². The average molecular weight is 295 g/mol. The molecule has 112 valence electrons. The van der Waals surface area contributed by atoms with Crippen LogP contribution in [0.5, 0.6) is 0 Å². The molecule has 1 N–H and O–H groups in total. The number of nitrogens with one attached hydrogen (secondary N) is 1. The van der Waals surface area contributed by atoms with E-state index < -0.39 is 0 Å². The Labute approximate surface area is 125 Å². The highest BCUT2D eigenvalue weighted by Crippen LogP contribution is 2.36. The lowest BCUT2D eigenvalue weighted by atomic mass is 9.89. The molecule has 1 unspecified atom stereocenters. The average Bonchev–Trinajstić information content (AvgIpc) is 3.00. The summed E-state index contributed by atoms with van der Waals surface area (Å²) in [6.45, 7) is 8.22. The second-order valence-corrected chi connectivity index (χ2v) is 7.60. The van der Waals surface area contributed by atoms with Crippen molar-refractivity contribution in [2.45, 2.75) is 64.3 Å². The SMILES string of the molecule is Cc1cc(C(C)NC2CCC3(CC2)OCCO3)c(C)s1. The van der Waals surface area contributed by atoms with Gasteiger partial charge in [0.1, 0.15) is 0 Å². The molecule has 1 saturated carbocycles. The number of aryl methyl sites for hydroxylation is 2. The third kappa shape index (κ3) is 2.93. The van der Waals surface area contributed by atoms with Crippen LogP contribution >= 0.6 is 11.3 Å². The number of thiophene rings is 1. The fourth-order valence-corrected chi connectivity index (χ4v) is 4.56. The molecule has 3 nitrogen and oxygen atoms in total. The first-order valence-corrected chi connectivity index (χ1v) is 8.50. The summed E-state index contributed by atoms with van der Waals surface area (Å²) in [5, 5.41) is 3.79. The zero-order valence-electron chi connectivity index (χ0n) is 12.7. The van der Waals surface area contributed by atoms with Crippen molar-refractivity contribution in [1.29, 1.82) is 0 Å². The van der Waals surface area contributed by atoms with Crippen LogP contribution in [0.1, 0.15) is 54.0 Å². The van der Waals surface area contributed by atoms with Gasteiger partial charge in [-0.1, -0.05) is 0 Å². The number of rotatable bonds is 3.